The monoisotopic (exact) mass is 337 g/mol. The van der Waals surface area contributed by atoms with Gasteiger partial charge >= 0.3 is 5.97 Å². The third kappa shape index (κ3) is 5.11. The van der Waals surface area contributed by atoms with Crippen LogP contribution < -0.4 is 5.32 Å². The summed E-state index contributed by atoms with van der Waals surface area (Å²) in [7, 11) is -1.12. The first kappa shape index (κ1) is 16.9. The van der Waals surface area contributed by atoms with Crippen LogP contribution in [0.3, 0.4) is 0 Å². The lowest BCUT2D eigenvalue weighted by atomic mass is 10.1. The maximum Gasteiger partial charge on any atom is 0.326 e. The Labute approximate surface area is 128 Å². The summed E-state index contributed by atoms with van der Waals surface area (Å²) >= 11 is 11.5. The highest BCUT2D eigenvalue weighted by molar-refractivity contribution is 7.84. The van der Waals surface area contributed by atoms with Crippen molar-refractivity contribution >= 4 is 45.9 Å². The van der Waals surface area contributed by atoms with E-state index in [1.165, 1.54) is 24.5 Å². The summed E-state index contributed by atoms with van der Waals surface area (Å²) in [5.74, 6) is -1.56. The van der Waals surface area contributed by atoms with Crippen molar-refractivity contribution in [2.75, 3.05) is 12.0 Å². The summed E-state index contributed by atoms with van der Waals surface area (Å²) < 4.78 is 11.0. The van der Waals surface area contributed by atoms with E-state index in [9.17, 15) is 13.8 Å². The van der Waals surface area contributed by atoms with Gasteiger partial charge in [-0.25, -0.2) is 4.79 Å². The number of carbonyl (C=O) groups is 2. The van der Waals surface area contributed by atoms with E-state index in [4.69, 9.17) is 28.3 Å². The lowest BCUT2D eigenvalue weighted by molar-refractivity contribution is -0.139. The molecule has 1 aromatic rings. The van der Waals surface area contributed by atoms with Crippen molar-refractivity contribution in [1.82, 2.24) is 5.32 Å². The first-order chi connectivity index (χ1) is 9.31. The second-order valence-corrected chi connectivity index (χ2v) is 6.43. The molecule has 1 amide bonds. The van der Waals surface area contributed by atoms with Gasteiger partial charge in [-0.3, -0.25) is 9.00 Å². The molecule has 2 atom stereocenters. The first-order valence-corrected chi connectivity index (χ1v) is 8.08. The van der Waals surface area contributed by atoms with Crippen LogP contribution >= 0.6 is 23.2 Å². The molecular weight excluding hydrogens is 325 g/mol. The predicted molar refractivity (Wildman–Crippen MR) is 78.9 cm³/mol. The fourth-order valence-electron chi connectivity index (χ4n) is 1.42. The van der Waals surface area contributed by atoms with E-state index in [1.807, 2.05) is 0 Å². The van der Waals surface area contributed by atoms with Gasteiger partial charge in [-0.1, -0.05) is 23.2 Å². The highest BCUT2D eigenvalue weighted by atomic mass is 35.5. The molecule has 0 saturated heterocycles. The zero-order valence-corrected chi connectivity index (χ0v) is 12.9. The largest absolute Gasteiger partial charge is 0.480 e. The molecule has 0 aromatic heterocycles. The predicted octanol–water partition coefficient (Wildman–Crippen LogP) is 1.94. The van der Waals surface area contributed by atoms with Gasteiger partial charge in [0.1, 0.15) is 6.04 Å². The molecule has 0 bridgehead atoms. The van der Waals surface area contributed by atoms with E-state index in [0.29, 0.717) is 5.02 Å². The molecule has 0 radical (unpaired) electrons. The van der Waals surface area contributed by atoms with E-state index >= 15 is 0 Å². The molecule has 0 fully saturated rings. The van der Waals surface area contributed by atoms with Crippen molar-refractivity contribution in [3.63, 3.8) is 0 Å². The SMILES string of the molecule is CS(=O)CC[C@H](NC(=O)c1ccc(Cl)c(Cl)c1)C(=O)O. The molecule has 110 valence electrons. The Morgan fingerprint density at radius 2 is 2.00 bits per heavy atom. The average molecular weight is 338 g/mol. The molecule has 0 heterocycles. The summed E-state index contributed by atoms with van der Waals surface area (Å²) in [6.45, 7) is 0. The van der Waals surface area contributed by atoms with Crippen molar-refractivity contribution in [3.05, 3.63) is 33.8 Å². The Kier molecular flexibility index (Phi) is 6.45. The summed E-state index contributed by atoms with van der Waals surface area (Å²) in [6.07, 6.45) is 1.56. The fraction of sp³-hybridized carbons (Fsp3) is 0.333. The number of carboxylic acid groups (broad SMARTS) is 1. The van der Waals surface area contributed by atoms with Crippen LogP contribution in [0.25, 0.3) is 0 Å². The molecule has 0 saturated carbocycles. The molecular formula is C12H13Cl2NO4S. The number of halogens is 2. The van der Waals surface area contributed by atoms with Crippen LogP contribution in [0.5, 0.6) is 0 Å². The van der Waals surface area contributed by atoms with Gasteiger partial charge in [0.2, 0.25) is 0 Å². The van der Waals surface area contributed by atoms with Crippen LogP contribution in [0.4, 0.5) is 0 Å². The Hall–Kier alpha value is -1.11. The van der Waals surface area contributed by atoms with Gasteiger partial charge in [0.05, 0.1) is 10.0 Å². The van der Waals surface area contributed by atoms with Crippen LogP contribution in [0.15, 0.2) is 18.2 Å². The summed E-state index contributed by atoms with van der Waals surface area (Å²) in [5.41, 5.74) is 0.211. The molecule has 20 heavy (non-hydrogen) atoms. The topological polar surface area (TPSA) is 83.5 Å². The summed E-state index contributed by atoms with van der Waals surface area (Å²) in [4.78, 5) is 23.0. The van der Waals surface area contributed by atoms with Crippen LogP contribution in [-0.4, -0.2) is 39.2 Å². The minimum Gasteiger partial charge on any atom is -0.480 e. The zero-order valence-electron chi connectivity index (χ0n) is 10.6. The number of aliphatic carboxylic acids is 1. The molecule has 0 spiro atoms. The van der Waals surface area contributed by atoms with Gasteiger partial charge < -0.3 is 10.4 Å². The number of carbonyl (C=O) groups excluding carboxylic acids is 1. The van der Waals surface area contributed by atoms with Crippen molar-refractivity contribution in [3.8, 4) is 0 Å². The number of rotatable bonds is 6. The third-order valence-electron chi connectivity index (χ3n) is 2.48. The number of carboxylic acids is 1. The Balaban J connectivity index is 2.77. The third-order valence-corrected chi connectivity index (χ3v) is 4.03. The molecule has 0 aliphatic carbocycles. The maximum atomic E-state index is 11.9. The average Bonchev–Trinajstić information content (AvgIpc) is 2.36. The van der Waals surface area contributed by atoms with Gasteiger partial charge in [-0.15, -0.1) is 0 Å². The molecule has 1 rings (SSSR count). The zero-order chi connectivity index (χ0) is 15.3. The van der Waals surface area contributed by atoms with Gasteiger partial charge in [0.25, 0.3) is 5.91 Å². The fourth-order valence-corrected chi connectivity index (χ4v) is 2.29. The van der Waals surface area contributed by atoms with E-state index in [-0.39, 0.29) is 22.8 Å². The Bertz CT molecular complexity index is 550. The normalized spacial score (nSPS) is 13.6. The number of hydrogen-bond donors (Lipinski definition) is 2. The molecule has 1 aromatic carbocycles. The molecule has 2 N–H and O–H groups in total. The molecule has 8 heteroatoms. The molecule has 0 aliphatic rings. The number of hydrogen-bond acceptors (Lipinski definition) is 3. The lowest BCUT2D eigenvalue weighted by Gasteiger charge is -2.14. The van der Waals surface area contributed by atoms with E-state index in [2.05, 4.69) is 5.32 Å². The second-order valence-electron chi connectivity index (χ2n) is 4.06. The van der Waals surface area contributed by atoms with Gasteiger partial charge in [0.15, 0.2) is 0 Å². The Morgan fingerprint density at radius 3 is 2.50 bits per heavy atom. The smallest absolute Gasteiger partial charge is 0.326 e. The van der Waals surface area contributed by atoms with Gasteiger partial charge in [-0.2, -0.15) is 0 Å². The Morgan fingerprint density at radius 1 is 1.35 bits per heavy atom. The van der Waals surface area contributed by atoms with Crippen molar-refractivity contribution < 1.29 is 18.9 Å². The van der Waals surface area contributed by atoms with Crippen molar-refractivity contribution in [1.29, 1.82) is 0 Å². The van der Waals surface area contributed by atoms with Gasteiger partial charge in [0, 0.05) is 28.4 Å². The van der Waals surface area contributed by atoms with E-state index < -0.39 is 28.7 Å². The first-order valence-electron chi connectivity index (χ1n) is 5.60. The van der Waals surface area contributed by atoms with Gasteiger partial charge in [-0.05, 0) is 24.6 Å². The maximum absolute atomic E-state index is 11.9. The minimum absolute atomic E-state index is 0.0888. The minimum atomic E-state index is -1.18. The van der Waals surface area contributed by atoms with Crippen molar-refractivity contribution in [2.45, 2.75) is 12.5 Å². The molecule has 0 aliphatic heterocycles. The van der Waals surface area contributed by atoms with E-state index in [1.54, 1.807) is 0 Å². The highest BCUT2D eigenvalue weighted by Crippen LogP contribution is 2.22. The quantitative estimate of drug-likeness (QED) is 0.830. The second kappa shape index (κ2) is 7.61. The van der Waals surface area contributed by atoms with Crippen LogP contribution in [0.2, 0.25) is 10.0 Å². The molecule has 1 unspecified atom stereocenters. The van der Waals surface area contributed by atoms with Crippen LogP contribution in [-0.2, 0) is 15.6 Å². The number of nitrogens with one attached hydrogen (secondary N) is 1. The van der Waals surface area contributed by atoms with Crippen LogP contribution in [0, 0.1) is 0 Å². The summed E-state index contributed by atoms with van der Waals surface area (Å²) in [6, 6.07) is 3.16. The lowest BCUT2D eigenvalue weighted by Crippen LogP contribution is -2.41. The van der Waals surface area contributed by atoms with E-state index in [0.717, 1.165) is 0 Å². The number of benzene rings is 1. The molecule has 5 nitrogen and oxygen atoms in total. The standard InChI is InChI=1S/C12H13Cl2NO4S/c1-20(19)5-4-10(12(17)18)15-11(16)7-2-3-8(13)9(14)6-7/h2-3,6,10H,4-5H2,1H3,(H,15,16)(H,17,18)/t10-,20?/m0/s1. The number of amides is 1. The van der Waals surface area contributed by atoms with Crippen LogP contribution in [0.1, 0.15) is 16.8 Å². The highest BCUT2D eigenvalue weighted by Gasteiger charge is 2.21. The van der Waals surface area contributed by atoms with Crippen molar-refractivity contribution in [2.24, 2.45) is 0 Å². The summed E-state index contributed by atoms with van der Waals surface area (Å²) in [5, 5.41) is 11.9.